The van der Waals surface area contributed by atoms with Crippen LogP contribution in [0.15, 0.2) is 117 Å². The minimum Gasteiger partial charge on any atom is -0.380 e. The van der Waals surface area contributed by atoms with Crippen LogP contribution in [-0.4, -0.2) is 122 Å². The van der Waals surface area contributed by atoms with Crippen LogP contribution >= 0.6 is 23.4 Å². The van der Waals surface area contributed by atoms with Crippen LogP contribution in [-0.2, 0) is 29.4 Å². The number of nitrogens with one attached hydrogen (secondary N) is 2. The second-order valence-electron chi connectivity index (χ2n) is 17.1. The lowest BCUT2D eigenvalue weighted by molar-refractivity contribution is -0.115. The monoisotopic (exact) mass is 987 g/mol. The van der Waals surface area contributed by atoms with Crippen LogP contribution in [0.2, 0.25) is 5.02 Å². The third kappa shape index (κ3) is 12.4. The van der Waals surface area contributed by atoms with E-state index < -0.39 is 58.2 Å². The third-order valence-corrected chi connectivity index (χ3v) is 16.6. The molecule has 0 radical (unpaired) electrons. The van der Waals surface area contributed by atoms with Gasteiger partial charge in [-0.25, -0.2) is 21.6 Å². The molecule has 1 amide bonds. The van der Waals surface area contributed by atoms with Crippen LogP contribution in [0, 0.1) is 5.41 Å². The molecule has 0 saturated carbocycles. The summed E-state index contributed by atoms with van der Waals surface area (Å²) in [6, 6.07) is 25.3. The Kier molecular flexibility index (Phi) is 15.9. The van der Waals surface area contributed by atoms with E-state index in [9.17, 15) is 39.6 Å². The van der Waals surface area contributed by atoms with Crippen molar-refractivity contribution in [3.63, 3.8) is 0 Å². The number of allylic oxidation sites excluding steroid dienone is 1. The number of amides is 1. The molecule has 19 heteroatoms. The second kappa shape index (κ2) is 21.3. The van der Waals surface area contributed by atoms with E-state index in [-0.39, 0.29) is 5.56 Å². The Morgan fingerprint density at radius 1 is 0.894 bits per heavy atom. The van der Waals surface area contributed by atoms with Crippen LogP contribution in [0.1, 0.15) is 48.5 Å². The first-order valence-electron chi connectivity index (χ1n) is 21.7. The number of rotatable bonds is 17. The van der Waals surface area contributed by atoms with E-state index in [1.807, 2.05) is 66.2 Å². The molecule has 354 valence electrons. The van der Waals surface area contributed by atoms with Gasteiger partial charge in [0, 0.05) is 90.7 Å². The number of sulfonamides is 1. The predicted molar refractivity (Wildman–Crippen MR) is 252 cm³/mol. The van der Waals surface area contributed by atoms with E-state index in [2.05, 4.69) is 20.0 Å². The molecule has 7 rings (SSSR count). The minimum absolute atomic E-state index is 0.0291. The highest BCUT2D eigenvalue weighted by atomic mass is 35.5. The van der Waals surface area contributed by atoms with Gasteiger partial charge < -0.3 is 19.7 Å². The van der Waals surface area contributed by atoms with E-state index in [1.54, 1.807) is 12.1 Å². The number of anilines is 2. The summed E-state index contributed by atoms with van der Waals surface area (Å²) in [7, 11) is -10.9. The lowest BCUT2D eigenvalue weighted by atomic mass is 9.72. The maximum absolute atomic E-state index is 14.2. The van der Waals surface area contributed by atoms with Gasteiger partial charge in [0.15, 0.2) is 0 Å². The van der Waals surface area contributed by atoms with Gasteiger partial charge in [0.25, 0.3) is 25.8 Å². The van der Waals surface area contributed by atoms with Crippen molar-refractivity contribution in [3.8, 4) is 0 Å². The number of alkyl halides is 3. The fraction of sp³-hybridized carbons (Fsp3) is 0.404. The number of halogens is 4. The zero-order valence-electron chi connectivity index (χ0n) is 36.4. The van der Waals surface area contributed by atoms with Crippen molar-refractivity contribution in [2.24, 2.45) is 5.41 Å². The van der Waals surface area contributed by atoms with Crippen molar-refractivity contribution < 1.29 is 44.3 Å². The molecule has 66 heavy (non-hydrogen) atoms. The fourth-order valence-electron chi connectivity index (χ4n) is 8.45. The van der Waals surface area contributed by atoms with Crippen LogP contribution in [0.4, 0.5) is 24.5 Å². The summed E-state index contributed by atoms with van der Waals surface area (Å²) in [6.07, 6.45) is 3.75. The summed E-state index contributed by atoms with van der Waals surface area (Å²) in [6.45, 7) is 8.51. The highest BCUT2D eigenvalue weighted by Gasteiger charge is 2.48. The zero-order chi connectivity index (χ0) is 47.1. The minimum atomic E-state index is -6.07. The topological polar surface area (TPSA) is 145 Å². The summed E-state index contributed by atoms with van der Waals surface area (Å²) >= 11 is 7.61. The van der Waals surface area contributed by atoms with Crippen molar-refractivity contribution >= 4 is 72.4 Å². The number of hydrogen-bond acceptors (Lipinski definition) is 12. The average Bonchev–Trinajstić information content (AvgIpc) is 3.31. The number of nitrogens with zero attached hydrogens (tertiary/aromatic N) is 3. The zero-order valence-corrected chi connectivity index (χ0v) is 39.6. The Hall–Kier alpha value is -4.43. The average molecular weight is 989 g/mol. The normalized spacial score (nSPS) is 19.6. The fourth-order valence-corrected chi connectivity index (χ4v) is 11.6. The molecular formula is C47H53ClF3N5O7S3. The molecule has 4 aromatic rings. The molecular weight excluding hydrogens is 935 g/mol. The summed E-state index contributed by atoms with van der Waals surface area (Å²) in [5.41, 5.74) is -2.22. The molecule has 0 aromatic heterocycles. The number of sulfone groups is 1. The molecule has 12 nitrogen and oxygen atoms in total. The first-order chi connectivity index (χ1) is 31.4. The summed E-state index contributed by atoms with van der Waals surface area (Å²) < 4.78 is 103. The standard InChI is InChI=1S/C47H53ClF3N5O7S3/c1-46(33-57)19-17-42(34-7-11-37(48)12-8-34)36(30-46)31-55-21-23-56(24-22-55)39-13-9-35(10-14-39)45(58)53-66(61,62)41-15-16-43(44(29-41)65(59,60)47(49,50)51)52-38(18-20-54-25-27-63-28-26-54)32-64-40-5-3-2-4-6-40/h2-16,29,33,38,52H,17-28,30-32H2,1H3,(H,53,58). The van der Waals surface area contributed by atoms with Crippen LogP contribution in [0.25, 0.3) is 5.57 Å². The van der Waals surface area contributed by atoms with Gasteiger partial charge in [-0.3, -0.25) is 14.6 Å². The first kappa shape index (κ1) is 49.5. The maximum Gasteiger partial charge on any atom is 0.501 e. The van der Waals surface area contributed by atoms with Crippen molar-refractivity contribution in [2.75, 3.05) is 81.5 Å². The Balaban J connectivity index is 1.02. The number of ether oxygens (including phenoxy) is 1. The molecule has 3 aliphatic rings. The number of thioether (sulfide) groups is 1. The van der Waals surface area contributed by atoms with Crippen molar-refractivity contribution in [2.45, 2.75) is 58.8 Å². The number of benzene rings is 4. The smallest absolute Gasteiger partial charge is 0.380 e. The molecule has 2 fully saturated rings. The number of piperazine rings is 1. The Morgan fingerprint density at radius 3 is 2.23 bits per heavy atom. The lowest BCUT2D eigenvalue weighted by Crippen LogP contribution is -2.47. The van der Waals surface area contributed by atoms with Gasteiger partial charge in [0.2, 0.25) is 0 Å². The van der Waals surface area contributed by atoms with Crippen LogP contribution in [0.3, 0.4) is 0 Å². The van der Waals surface area contributed by atoms with Crippen molar-refractivity contribution in [1.82, 2.24) is 14.5 Å². The van der Waals surface area contributed by atoms with E-state index in [0.717, 1.165) is 67.0 Å². The summed E-state index contributed by atoms with van der Waals surface area (Å²) in [5, 5.41) is 3.65. The second-order valence-corrected chi connectivity index (χ2v) is 22.2. The molecule has 4 aromatic carbocycles. The number of carbonyl (C=O) groups is 2. The van der Waals surface area contributed by atoms with Crippen LogP contribution < -0.4 is 14.9 Å². The summed E-state index contributed by atoms with van der Waals surface area (Å²) in [5.74, 6) is -0.687. The Bertz CT molecular complexity index is 2590. The van der Waals surface area contributed by atoms with Gasteiger partial charge >= 0.3 is 5.51 Å². The Morgan fingerprint density at radius 2 is 1.58 bits per heavy atom. The Labute approximate surface area is 393 Å². The van der Waals surface area contributed by atoms with E-state index in [4.69, 9.17) is 16.3 Å². The van der Waals surface area contributed by atoms with E-state index >= 15 is 0 Å². The number of aldehydes is 1. The highest BCUT2D eigenvalue weighted by molar-refractivity contribution is 7.99. The van der Waals surface area contributed by atoms with Gasteiger partial charge in [-0.15, -0.1) is 11.8 Å². The van der Waals surface area contributed by atoms with Gasteiger partial charge in [-0.2, -0.15) is 13.2 Å². The number of morpholine rings is 1. The van der Waals surface area contributed by atoms with Gasteiger partial charge in [-0.05, 0) is 104 Å². The molecule has 1 aliphatic carbocycles. The van der Waals surface area contributed by atoms with E-state index in [1.165, 1.54) is 35.0 Å². The highest BCUT2D eigenvalue weighted by Crippen LogP contribution is 2.42. The largest absolute Gasteiger partial charge is 0.501 e. The SMILES string of the molecule is CC1(C=O)CCC(c2ccc(Cl)cc2)=C(CN2CCN(c3ccc(C(=O)NS(=O)(=O)c4ccc(NC(CCN5CCOCC5)CSc5ccccc5)c(S(=O)(=O)C(F)(F)F)c4)cc3)CC2)C1. The van der Waals surface area contributed by atoms with Gasteiger partial charge in [0.05, 0.1) is 23.8 Å². The number of hydrogen-bond donors (Lipinski definition) is 2. The summed E-state index contributed by atoms with van der Waals surface area (Å²) in [4.78, 5) is 30.8. The molecule has 2 atom stereocenters. The van der Waals surface area contributed by atoms with Gasteiger partial charge in [-0.1, -0.05) is 54.4 Å². The molecule has 0 spiro atoms. The molecule has 2 heterocycles. The molecule has 2 saturated heterocycles. The predicted octanol–water partition coefficient (Wildman–Crippen LogP) is 8.01. The van der Waals surface area contributed by atoms with Crippen LogP contribution in [0.5, 0.6) is 0 Å². The maximum atomic E-state index is 14.2. The molecule has 2 unspecified atom stereocenters. The number of carbonyl (C=O) groups excluding carboxylic acids is 2. The van der Waals surface area contributed by atoms with Gasteiger partial charge in [0.1, 0.15) is 11.2 Å². The molecule has 0 bridgehead atoms. The first-order valence-corrected chi connectivity index (χ1v) is 26.0. The van der Waals surface area contributed by atoms with Crippen molar-refractivity contribution in [1.29, 1.82) is 0 Å². The third-order valence-electron chi connectivity index (χ3n) is 12.3. The molecule has 2 aliphatic heterocycles. The lowest BCUT2D eigenvalue weighted by Gasteiger charge is -2.39. The van der Waals surface area contributed by atoms with E-state index in [0.29, 0.717) is 75.6 Å². The molecule has 2 N–H and O–H groups in total. The van der Waals surface area contributed by atoms with Crippen molar-refractivity contribution in [3.05, 3.63) is 119 Å². The quantitative estimate of drug-likeness (QED) is 0.0781.